The molecule has 0 fully saturated rings. The molecular formula is C66H80N4. The zero-order chi connectivity index (χ0) is 51.9. The predicted octanol–water partition coefficient (Wildman–Crippen LogP) is 18.5. The smallest absolute Gasteiger partial charge is 0.156 e. The molecule has 1 aliphatic rings. The number of hydrogen-bond acceptors (Lipinski definition) is 2. The van der Waals surface area contributed by atoms with E-state index in [2.05, 4.69) is 203 Å². The summed E-state index contributed by atoms with van der Waals surface area (Å²) in [5, 5.41) is 0. The lowest BCUT2D eigenvalue weighted by molar-refractivity contribution is 0.666. The van der Waals surface area contributed by atoms with Gasteiger partial charge in [0.1, 0.15) is 6.34 Å². The van der Waals surface area contributed by atoms with Gasteiger partial charge in [-0.1, -0.05) is 231 Å². The molecule has 0 saturated heterocycles. The van der Waals surface area contributed by atoms with Gasteiger partial charge < -0.3 is 4.90 Å². The zero-order valence-electron chi connectivity index (χ0n) is 44.5. The quantitative estimate of drug-likeness (QED) is 0.0570. The van der Waals surface area contributed by atoms with Crippen LogP contribution in [-0.2, 0) is 5.41 Å². The van der Waals surface area contributed by atoms with E-state index in [1.807, 2.05) is 103 Å². The number of amidine groups is 1. The molecule has 0 atom stereocenters. The Labute approximate surface area is 424 Å². The summed E-state index contributed by atoms with van der Waals surface area (Å²) in [6.07, 6.45) is 35.0. The van der Waals surface area contributed by atoms with Crippen molar-refractivity contribution in [1.82, 2.24) is 0 Å². The summed E-state index contributed by atoms with van der Waals surface area (Å²) in [7, 11) is 0. The van der Waals surface area contributed by atoms with Gasteiger partial charge >= 0.3 is 0 Å². The Kier molecular flexibility index (Phi) is 27.1. The molecule has 0 N–H and O–H groups in total. The van der Waals surface area contributed by atoms with Crippen LogP contribution >= 0.6 is 0 Å². The van der Waals surface area contributed by atoms with Gasteiger partial charge in [0.15, 0.2) is 5.84 Å². The maximum absolute atomic E-state index is 4.92. The normalized spacial score (nSPS) is 15.1. The largest absolute Gasteiger partial charge is 0.337 e. The van der Waals surface area contributed by atoms with Crippen LogP contribution in [0.2, 0.25) is 0 Å². The highest BCUT2D eigenvalue weighted by atomic mass is 15.1. The SMILES string of the molecule is C=C/C=C\C(=C)C.C=NC=NC(=NCC(=C/C=C/C)/C=C(\C)c1cc(-c2ccc3c(c2)C(=C)/C=C/c2ccccc2C(C)(C)/C=C/CN3C(/C=C\C=C/C)=C/C)ccc1C)c1ccccc1.CC.CC. The molecule has 0 radical (unpaired) electrons. The van der Waals surface area contributed by atoms with Crippen molar-refractivity contribution < 1.29 is 0 Å². The monoisotopic (exact) mass is 929 g/mol. The summed E-state index contributed by atoms with van der Waals surface area (Å²) in [6.45, 7) is 41.6. The summed E-state index contributed by atoms with van der Waals surface area (Å²) in [6, 6.07) is 32.1. The highest BCUT2D eigenvalue weighted by molar-refractivity contribution is 6.03. The first kappa shape index (κ1) is 58.7. The van der Waals surface area contributed by atoms with Gasteiger partial charge in [0.25, 0.3) is 0 Å². The zero-order valence-corrected chi connectivity index (χ0v) is 44.5. The number of nitrogens with zero attached hydrogens (tertiary/aromatic N) is 4. The van der Waals surface area contributed by atoms with Gasteiger partial charge in [-0.3, -0.25) is 9.98 Å². The van der Waals surface area contributed by atoms with Gasteiger partial charge in [-0.15, -0.1) is 0 Å². The van der Waals surface area contributed by atoms with E-state index >= 15 is 0 Å². The van der Waals surface area contributed by atoms with E-state index in [0.717, 1.165) is 55.9 Å². The molecule has 4 heteroatoms. The topological polar surface area (TPSA) is 40.3 Å². The number of benzene rings is 4. The van der Waals surface area contributed by atoms with Crippen LogP contribution in [0.4, 0.5) is 5.69 Å². The molecule has 1 heterocycles. The van der Waals surface area contributed by atoms with E-state index < -0.39 is 0 Å². The highest BCUT2D eigenvalue weighted by Gasteiger charge is 2.22. The number of rotatable bonds is 13. The van der Waals surface area contributed by atoms with E-state index in [4.69, 9.17) is 4.99 Å². The molecule has 364 valence electrons. The molecule has 4 nitrogen and oxygen atoms in total. The van der Waals surface area contributed by atoms with Crippen LogP contribution in [0.25, 0.3) is 28.3 Å². The van der Waals surface area contributed by atoms with Crippen molar-refractivity contribution in [2.45, 2.75) is 88.5 Å². The third-order valence-corrected chi connectivity index (χ3v) is 10.9. The Morgan fingerprint density at radius 2 is 1.46 bits per heavy atom. The fourth-order valence-electron chi connectivity index (χ4n) is 7.45. The number of anilines is 1. The number of fused-ring (bicyclic) bond motifs is 2. The van der Waals surface area contributed by atoms with E-state index in [0.29, 0.717) is 18.9 Å². The summed E-state index contributed by atoms with van der Waals surface area (Å²) >= 11 is 0. The van der Waals surface area contributed by atoms with Crippen LogP contribution in [0, 0.1) is 6.92 Å². The number of aryl methyl sites for hydroxylation is 1. The fraction of sp³-hybridized carbons (Fsp3) is 0.227. The van der Waals surface area contributed by atoms with Crippen molar-refractivity contribution >= 4 is 41.8 Å². The van der Waals surface area contributed by atoms with Crippen LogP contribution < -0.4 is 4.90 Å². The third-order valence-electron chi connectivity index (χ3n) is 10.9. The molecule has 0 spiro atoms. The van der Waals surface area contributed by atoms with Gasteiger partial charge in [0.05, 0.1) is 6.54 Å². The average Bonchev–Trinajstić information content (AvgIpc) is 3.38. The van der Waals surface area contributed by atoms with Crippen molar-refractivity contribution in [3.63, 3.8) is 0 Å². The van der Waals surface area contributed by atoms with Gasteiger partial charge in [-0.25, -0.2) is 4.99 Å². The maximum atomic E-state index is 4.92. The second kappa shape index (κ2) is 32.3. The van der Waals surface area contributed by atoms with Crippen molar-refractivity contribution in [2.24, 2.45) is 15.0 Å². The lowest BCUT2D eigenvalue weighted by Gasteiger charge is -2.30. The molecule has 0 unspecified atom stereocenters. The van der Waals surface area contributed by atoms with Crippen molar-refractivity contribution in [3.05, 3.63) is 252 Å². The highest BCUT2D eigenvalue weighted by Crippen LogP contribution is 2.37. The van der Waals surface area contributed by atoms with Crippen molar-refractivity contribution in [2.75, 3.05) is 18.0 Å². The summed E-state index contributed by atoms with van der Waals surface area (Å²) in [5.74, 6) is 0.611. The Hall–Kier alpha value is -7.43. The second-order valence-electron chi connectivity index (χ2n) is 16.5. The van der Waals surface area contributed by atoms with Crippen LogP contribution in [0.5, 0.6) is 0 Å². The molecule has 5 rings (SSSR count). The molecule has 0 aromatic heterocycles. The first-order valence-corrected chi connectivity index (χ1v) is 24.5. The van der Waals surface area contributed by atoms with Crippen LogP contribution in [0.3, 0.4) is 0 Å². The van der Waals surface area contributed by atoms with E-state index in [1.54, 1.807) is 6.08 Å². The summed E-state index contributed by atoms with van der Waals surface area (Å²) in [4.78, 5) is 15.6. The standard InChI is InChI=1S/C55H58N4.C7H10.2C2H6/c1-10-13-16-26-49(12-3)59-35-21-34-55(7,8)52-27-20-19-23-45(52)30-28-42(5)51-38-48(32-33-53(51)59)47-31-29-41(4)50(37-47)43(6)36-44(22-14-11-2)39-57-54(58-40-56-9)46-24-17-15-18-25-46;1-4-5-6-7(2)3;2*1-2/h10-34,36-38,40H,5,9,35,39H2,1-4,6-8H3;4-6H,1-2H2,3H3;2*1-2H3/b13-10-,14-11+,26-16-,30-28+,34-21+,43-36+,44-22+,49-12+,57-54?,58-40?;6-5-;;. The van der Waals surface area contributed by atoms with E-state index in [-0.39, 0.29) is 5.41 Å². The lowest BCUT2D eigenvalue weighted by Crippen LogP contribution is -2.24. The number of aliphatic imine (C=N–C) groups is 3. The van der Waals surface area contributed by atoms with E-state index in [1.165, 1.54) is 28.6 Å². The summed E-state index contributed by atoms with van der Waals surface area (Å²) in [5.41, 5.74) is 15.4. The molecule has 0 aliphatic carbocycles. The molecule has 0 saturated carbocycles. The first-order chi connectivity index (χ1) is 33.9. The van der Waals surface area contributed by atoms with Gasteiger partial charge in [-0.05, 0) is 123 Å². The number of hydrogen-bond donors (Lipinski definition) is 0. The Bertz CT molecular complexity index is 2680. The minimum Gasteiger partial charge on any atom is -0.337 e. The lowest BCUT2D eigenvalue weighted by atomic mass is 9.81. The number of allylic oxidation sites excluding steroid dienone is 16. The van der Waals surface area contributed by atoms with Gasteiger partial charge in [-0.2, -0.15) is 0 Å². The van der Waals surface area contributed by atoms with Gasteiger partial charge in [0.2, 0.25) is 0 Å². The van der Waals surface area contributed by atoms with Crippen LogP contribution in [0.1, 0.15) is 110 Å². The maximum Gasteiger partial charge on any atom is 0.156 e. The first-order valence-electron chi connectivity index (χ1n) is 24.5. The minimum absolute atomic E-state index is 0.161. The molecule has 0 bridgehead atoms. The van der Waals surface area contributed by atoms with Crippen molar-refractivity contribution in [1.29, 1.82) is 0 Å². The molecule has 1 aliphatic heterocycles. The van der Waals surface area contributed by atoms with Crippen LogP contribution in [0.15, 0.2) is 234 Å². The molecule has 4 aromatic rings. The van der Waals surface area contributed by atoms with Crippen LogP contribution in [-0.4, -0.2) is 32.0 Å². The second-order valence-corrected chi connectivity index (χ2v) is 16.5. The summed E-state index contributed by atoms with van der Waals surface area (Å²) < 4.78 is 0. The van der Waals surface area contributed by atoms with E-state index in [9.17, 15) is 0 Å². The third kappa shape index (κ3) is 18.6. The molecular weight excluding hydrogens is 849 g/mol. The molecule has 4 aromatic carbocycles. The Balaban J connectivity index is 0.00000138. The molecule has 70 heavy (non-hydrogen) atoms. The van der Waals surface area contributed by atoms with Gasteiger partial charge in [0, 0.05) is 34.5 Å². The predicted molar refractivity (Wildman–Crippen MR) is 318 cm³/mol. The average molecular weight is 929 g/mol. The Morgan fingerprint density at radius 1 is 0.786 bits per heavy atom. The van der Waals surface area contributed by atoms with Crippen molar-refractivity contribution in [3.8, 4) is 11.1 Å². The Morgan fingerprint density at radius 3 is 2.10 bits per heavy atom. The molecule has 0 amide bonds. The minimum atomic E-state index is -0.161. The fourth-order valence-corrected chi connectivity index (χ4v) is 7.45.